The molecule has 3 rings (SSSR count). The number of pyridine rings is 1. The Morgan fingerprint density at radius 3 is 2.47 bits per heavy atom. The van der Waals surface area contributed by atoms with E-state index >= 15 is 0 Å². The molecule has 0 aliphatic carbocycles. The summed E-state index contributed by atoms with van der Waals surface area (Å²) in [6.07, 6.45) is 2.21. The first kappa shape index (κ1) is 26.6. The number of rotatable bonds is 8. The van der Waals surface area contributed by atoms with Crippen LogP contribution in [0, 0.1) is 11.3 Å². The van der Waals surface area contributed by atoms with Crippen molar-refractivity contribution in [3.63, 3.8) is 0 Å². The van der Waals surface area contributed by atoms with Gasteiger partial charge in [0.25, 0.3) is 0 Å². The summed E-state index contributed by atoms with van der Waals surface area (Å²) in [7, 11) is 1.51. The number of nitrogens with one attached hydrogen (secondary N) is 1. The number of hydrogen-bond acceptors (Lipinski definition) is 8. The molecule has 1 fully saturated rings. The third-order valence-electron chi connectivity index (χ3n) is 5.41. The van der Waals surface area contributed by atoms with Gasteiger partial charge in [-0.2, -0.15) is 5.26 Å². The van der Waals surface area contributed by atoms with E-state index in [0.717, 1.165) is 5.69 Å². The van der Waals surface area contributed by atoms with Crippen molar-refractivity contribution in [2.75, 3.05) is 50.1 Å². The van der Waals surface area contributed by atoms with Crippen LogP contribution in [0.2, 0.25) is 0 Å². The molecule has 0 atom stereocenters. The summed E-state index contributed by atoms with van der Waals surface area (Å²) in [6.45, 7) is 8.40. The first-order valence-electron chi connectivity index (χ1n) is 11.9. The second-order valence-corrected chi connectivity index (χ2v) is 9.33. The molecule has 36 heavy (non-hydrogen) atoms. The second kappa shape index (κ2) is 12.1. The fraction of sp³-hybridized carbons (Fsp3) is 0.462. The Morgan fingerprint density at radius 1 is 1.11 bits per heavy atom. The van der Waals surface area contributed by atoms with Crippen molar-refractivity contribution in [1.29, 1.82) is 5.26 Å². The van der Waals surface area contributed by atoms with Crippen molar-refractivity contribution >= 4 is 23.5 Å². The zero-order valence-electron chi connectivity index (χ0n) is 21.2. The van der Waals surface area contributed by atoms with Gasteiger partial charge in [0, 0.05) is 38.7 Å². The first-order chi connectivity index (χ1) is 17.2. The molecule has 2 aromatic rings. The van der Waals surface area contributed by atoms with Gasteiger partial charge in [-0.15, -0.1) is 0 Å². The van der Waals surface area contributed by atoms with Crippen LogP contribution in [0.5, 0.6) is 11.5 Å². The molecule has 1 aliphatic rings. The van der Waals surface area contributed by atoms with Crippen molar-refractivity contribution in [2.24, 2.45) is 0 Å². The molecule has 1 saturated heterocycles. The smallest absolute Gasteiger partial charge is 0.410 e. The van der Waals surface area contributed by atoms with Crippen molar-refractivity contribution in [3.05, 3.63) is 42.1 Å². The van der Waals surface area contributed by atoms with Crippen LogP contribution < -0.4 is 19.7 Å². The van der Waals surface area contributed by atoms with E-state index in [9.17, 15) is 9.59 Å². The summed E-state index contributed by atoms with van der Waals surface area (Å²) in [4.78, 5) is 32.7. The monoisotopic (exact) mass is 495 g/mol. The highest BCUT2D eigenvalue weighted by molar-refractivity contribution is 5.89. The van der Waals surface area contributed by atoms with E-state index in [4.69, 9.17) is 19.5 Å². The molecule has 10 nitrogen and oxygen atoms in total. The SMILES string of the molecule is COc1cc(C#N)ccc1OCCCC(=O)Nc1ccc(N2CCN(C(=O)OC(C)(C)C)CC2)cn1. The summed E-state index contributed by atoms with van der Waals surface area (Å²) in [5.74, 6) is 1.33. The third-order valence-corrected chi connectivity index (χ3v) is 5.41. The molecule has 0 bridgehead atoms. The third kappa shape index (κ3) is 7.77. The quantitative estimate of drug-likeness (QED) is 0.550. The van der Waals surface area contributed by atoms with E-state index in [1.165, 1.54) is 7.11 Å². The summed E-state index contributed by atoms with van der Waals surface area (Å²) in [6, 6.07) is 10.7. The van der Waals surface area contributed by atoms with E-state index in [2.05, 4.69) is 21.3 Å². The van der Waals surface area contributed by atoms with Gasteiger partial charge in [-0.3, -0.25) is 4.79 Å². The van der Waals surface area contributed by atoms with Gasteiger partial charge in [0.15, 0.2) is 11.5 Å². The number of hydrogen-bond donors (Lipinski definition) is 1. The van der Waals surface area contributed by atoms with Gasteiger partial charge >= 0.3 is 6.09 Å². The number of nitriles is 1. The minimum absolute atomic E-state index is 0.156. The van der Waals surface area contributed by atoms with Gasteiger partial charge in [-0.05, 0) is 51.5 Å². The van der Waals surface area contributed by atoms with Gasteiger partial charge in [0.2, 0.25) is 5.91 Å². The number of ether oxygens (including phenoxy) is 3. The van der Waals surface area contributed by atoms with Crippen LogP contribution in [0.3, 0.4) is 0 Å². The molecule has 192 valence electrons. The highest BCUT2D eigenvalue weighted by atomic mass is 16.6. The maximum absolute atomic E-state index is 12.3. The first-order valence-corrected chi connectivity index (χ1v) is 11.9. The van der Waals surface area contributed by atoms with E-state index < -0.39 is 5.60 Å². The van der Waals surface area contributed by atoms with Crippen molar-refractivity contribution < 1.29 is 23.8 Å². The van der Waals surface area contributed by atoms with E-state index in [0.29, 0.717) is 62.1 Å². The van der Waals surface area contributed by atoms with Crippen LogP contribution in [0.1, 0.15) is 39.2 Å². The Morgan fingerprint density at radius 2 is 1.86 bits per heavy atom. The minimum atomic E-state index is -0.510. The number of piperazine rings is 1. The highest BCUT2D eigenvalue weighted by Gasteiger charge is 2.26. The fourth-order valence-corrected chi connectivity index (χ4v) is 3.60. The molecule has 1 aliphatic heterocycles. The Bertz CT molecular complexity index is 1080. The van der Waals surface area contributed by atoms with Crippen LogP contribution >= 0.6 is 0 Å². The van der Waals surface area contributed by atoms with E-state index in [-0.39, 0.29) is 18.4 Å². The van der Waals surface area contributed by atoms with Crippen LogP contribution in [0.15, 0.2) is 36.5 Å². The summed E-state index contributed by atoms with van der Waals surface area (Å²) in [5.41, 5.74) is 0.908. The van der Waals surface area contributed by atoms with Gasteiger partial charge in [0.05, 0.1) is 37.2 Å². The number of methoxy groups -OCH3 is 1. The molecular formula is C26H33N5O5. The van der Waals surface area contributed by atoms with Crippen molar-refractivity contribution in [2.45, 2.75) is 39.2 Å². The normalized spacial score (nSPS) is 13.5. The molecule has 1 aromatic heterocycles. The van der Waals surface area contributed by atoms with Crippen molar-refractivity contribution in [1.82, 2.24) is 9.88 Å². The number of nitrogens with zero attached hydrogens (tertiary/aromatic N) is 4. The van der Waals surface area contributed by atoms with Crippen LogP contribution in [0.4, 0.5) is 16.3 Å². The number of aromatic nitrogens is 1. The number of benzene rings is 1. The zero-order chi connectivity index (χ0) is 26.1. The largest absolute Gasteiger partial charge is 0.493 e. The lowest BCUT2D eigenvalue weighted by atomic mass is 10.2. The molecule has 0 saturated carbocycles. The molecule has 1 N–H and O–H groups in total. The molecule has 2 heterocycles. The molecule has 10 heteroatoms. The summed E-state index contributed by atoms with van der Waals surface area (Å²) in [5, 5.41) is 11.8. The lowest BCUT2D eigenvalue weighted by molar-refractivity contribution is -0.116. The van der Waals surface area contributed by atoms with E-state index in [1.807, 2.05) is 26.8 Å². The Kier molecular flexibility index (Phi) is 8.95. The standard InChI is InChI=1S/C26H33N5O5/c1-26(2,3)36-25(33)31-13-11-30(12-14-31)20-8-10-23(28-18-20)29-24(32)6-5-15-35-21-9-7-19(17-27)16-22(21)34-4/h7-10,16,18H,5-6,11-15H2,1-4H3,(H,28,29,32). The van der Waals surface area contributed by atoms with Crippen LogP contribution in [-0.4, -0.2) is 67.4 Å². The molecule has 0 radical (unpaired) electrons. The lowest BCUT2D eigenvalue weighted by Gasteiger charge is -2.36. The van der Waals surface area contributed by atoms with Crippen LogP contribution in [0.25, 0.3) is 0 Å². The molecule has 0 spiro atoms. The van der Waals surface area contributed by atoms with Crippen LogP contribution in [-0.2, 0) is 9.53 Å². The Balaban J connectivity index is 1.40. The number of carbonyl (C=O) groups is 2. The average molecular weight is 496 g/mol. The second-order valence-electron chi connectivity index (χ2n) is 9.33. The lowest BCUT2D eigenvalue weighted by Crippen LogP contribution is -2.50. The Labute approximate surface area is 211 Å². The van der Waals surface area contributed by atoms with Gasteiger partial charge in [-0.1, -0.05) is 0 Å². The topological polar surface area (TPSA) is 117 Å². The minimum Gasteiger partial charge on any atom is -0.493 e. The summed E-state index contributed by atoms with van der Waals surface area (Å²) >= 11 is 0. The molecular weight excluding hydrogens is 462 g/mol. The number of anilines is 2. The van der Waals surface area contributed by atoms with Crippen molar-refractivity contribution in [3.8, 4) is 17.6 Å². The fourth-order valence-electron chi connectivity index (χ4n) is 3.60. The summed E-state index contributed by atoms with van der Waals surface area (Å²) < 4.78 is 16.4. The maximum atomic E-state index is 12.3. The van der Waals surface area contributed by atoms with Gasteiger partial charge in [-0.25, -0.2) is 9.78 Å². The molecule has 1 aromatic carbocycles. The van der Waals surface area contributed by atoms with Gasteiger partial charge < -0.3 is 29.3 Å². The predicted octanol–water partition coefficient (Wildman–Crippen LogP) is 3.82. The Hall–Kier alpha value is -4.00. The highest BCUT2D eigenvalue weighted by Crippen LogP contribution is 2.28. The number of amides is 2. The predicted molar refractivity (Wildman–Crippen MR) is 135 cm³/mol. The van der Waals surface area contributed by atoms with Gasteiger partial charge in [0.1, 0.15) is 11.4 Å². The molecule has 0 unspecified atom stereocenters. The number of carbonyl (C=O) groups excluding carboxylic acids is 2. The average Bonchev–Trinajstić information content (AvgIpc) is 2.86. The zero-order valence-corrected chi connectivity index (χ0v) is 21.2. The van der Waals surface area contributed by atoms with E-state index in [1.54, 1.807) is 35.4 Å². The maximum Gasteiger partial charge on any atom is 0.410 e. The molecule has 2 amide bonds.